The second-order valence-corrected chi connectivity index (χ2v) is 8.13. The van der Waals surface area contributed by atoms with Crippen LogP contribution in [0.25, 0.3) is 0 Å². The Labute approximate surface area is 126 Å². The van der Waals surface area contributed by atoms with Crippen molar-refractivity contribution in [2.24, 2.45) is 10.8 Å². The highest BCUT2D eigenvalue weighted by atomic mass is 15.1. The quantitative estimate of drug-likeness (QED) is 0.613. The molecule has 1 rings (SSSR count). The standard InChI is InChI=1S/C19H33N/c1-16(15-18(2,3)4)20(7)14-8-9-17-10-12-19(5,6)13-11-17/h10-12H,1,8-9,13-15H2,2-7H3. The summed E-state index contributed by atoms with van der Waals surface area (Å²) in [7, 11) is 2.17. The van der Waals surface area contributed by atoms with Gasteiger partial charge >= 0.3 is 0 Å². The Morgan fingerprint density at radius 3 is 2.50 bits per heavy atom. The molecular formula is C19H33N. The minimum absolute atomic E-state index is 0.325. The molecule has 0 aromatic rings. The van der Waals surface area contributed by atoms with E-state index in [1.807, 2.05) is 0 Å². The highest BCUT2D eigenvalue weighted by Crippen LogP contribution is 2.30. The normalized spacial score (nSPS) is 17.8. The fourth-order valence-corrected chi connectivity index (χ4v) is 2.47. The van der Waals surface area contributed by atoms with E-state index in [9.17, 15) is 0 Å². The van der Waals surface area contributed by atoms with E-state index in [0.717, 1.165) is 13.0 Å². The molecule has 0 fully saturated rings. The van der Waals surface area contributed by atoms with E-state index in [1.165, 1.54) is 30.5 Å². The van der Waals surface area contributed by atoms with Gasteiger partial charge < -0.3 is 4.90 Å². The number of rotatable bonds is 6. The summed E-state index contributed by atoms with van der Waals surface area (Å²) in [5.41, 5.74) is 3.43. The van der Waals surface area contributed by atoms with E-state index >= 15 is 0 Å². The first-order chi connectivity index (χ1) is 9.09. The Bertz CT molecular complexity index is 390. The van der Waals surface area contributed by atoms with Gasteiger partial charge in [-0.2, -0.15) is 0 Å². The average molecular weight is 275 g/mol. The molecule has 1 aliphatic carbocycles. The lowest BCUT2D eigenvalue weighted by atomic mass is 9.83. The highest BCUT2D eigenvalue weighted by Gasteiger charge is 2.16. The van der Waals surface area contributed by atoms with Crippen molar-refractivity contribution in [2.45, 2.75) is 60.3 Å². The number of hydrogen-bond donors (Lipinski definition) is 0. The van der Waals surface area contributed by atoms with Gasteiger partial charge in [0.2, 0.25) is 0 Å². The maximum atomic E-state index is 4.22. The summed E-state index contributed by atoms with van der Waals surface area (Å²) in [6, 6.07) is 0. The third-order valence-corrected chi connectivity index (χ3v) is 3.87. The minimum atomic E-state index is 0.325. The van der Waals surface area contributed by atoms with E-state index < -0.39 is 0 Å². The van der Waals surface area contributed by atoms with Crippen molar-refractivity contribution in [2.75, 3.05) is 13.6 Å². The van der Waals surface area contributed by atoms with Crippen molar-refractivity contribution in [3.63, 3.8) is 0 Å². The highest BCUT2D eigenvalue weighted by molar-refractivity contribution is 5.25. The van der Waals surface area contributed by atoms with E-state index in [1.54, 1.807) is 0 Å². The number of allylic oxidation sites excluding steroid dienone is 5. The van der Waals surface area contributed by atoms with Gasteiger partial charge in [-0.05, 0) is 36.5 Å². The Morgan fingerprint density at radius 2 is 2.00 bits per heavy atom. The molecule has 20 heavy (non-hydrogen) atoms. The summed E-state index contributed by atoms with van der Waals surface area (Å²) in [6.45, 7) is 16.7. The summed E-state index contributed by atoms with van der Waals surface area (Å²) in [5.74, 6) is 0. The molecule has 0 saturated carbocycles. The second-order valence-electron chi connectivity index (χ2n) is 8.13. The Morgan fingerprint density at radius 1 is 1.35 bits per heavy atom. The third-order valence-electron chi connectivity index (χ3n) is 3.87. The first-order valence-corrected chi connectivity index (χ1v) is 7.86. The molecule has 0 amide bonds. The van der Waals surface area contributed by atoms with Crippen LogP contribution in [0.3, 0.4) is 0 Å². The summed E-state index contributed by atoms with van der Waals surface area (Å²) in [4.78, 5) is 2.32. The van der Waals surface area contributed by atoms with Crippen molar-refractivity contribution < 1.29 is 0 Å². The predicted molar refractivity (Wildman–Crippen MR) is 90.7 cm³/mol. The van der Waals surface area contributed by atoms with Gasteiger partial charge in [0, 0.05) is 19.3 Å². The molecule has 0 saturated heterocycles. The zero-order valence-corrected chi connectivity index (χ0v) is 14.4. The molecule has 0 spiro atoms. The van der Waals surface area contributed by atoms with Crippen LogP contribution >= 0.6 is 0 Å². The van der Waals surface area contributed by atoms with Crippen LogP contribution in [0.5, 0.6) is 0 Å². The molecule has 0 heterocycles. The molecule has 0 aromatic carbocycles. The molecule has 1 aliphatic rings. The Balaban J connectivity index is 2.30. The molecule has 0 atom stereocenters. The van der Waals surface area contributed by atoms with Gasteiger partial charge in [-0.15, -0.1) is 0 Å². The average Bonchev–Trinajstić information content (AvgIpc) is 2.29. The van der Waals surface area contributed by atoms with Crippen LogP contribution in [0, 0.1) is 10.8 Å². The van der Waals surface area contributed by atoms with Crippen LogP contribution in [0.1, 0.15) is 60.3 Å². The number of hydrogen-bond acceptors (Lipinski definition) is 1. The maximum absolute atomic E-state index is 4.22. The fourth-order valence-electron chi connectivity index (χ4n) is 2.47. The van der Waals surface area contributed by atoms with E-state index in [-0.39, 0.29) is 0 Å². The van der Waals surface area contributed by atoms with Crippen LogP contribution in [0.2, 0.25) is 0 Å². The zero-order chi connectivity index (χ0) is 15.4. The lowest BCUT2D eigenvalue weighted by molar-refractivity contribution is 0.324. The number of nitrogens with zero attached hydrogens (tertiary/aromatic N) is 1. The lowest BCUT2D eigenvalue weighted by Gasteiger charge is -2.28. The summed E-state index contributed by atoms with van der Waals surface area (Å²) in [6.07, 6.45) is 11.7. The molecule has 114 valence electrons. The smallest absolute Gasteiger partial charge is 0.0174 e. The molecule has 1 nitrogen and oxygen atoms in total. The maximum Gasteiger partial charge on any atom is 0.0174 e. The lowest BCUT2D eigenvalue weighted by Crippen LogP contribution is -2.22. The van der Waals surface area contributed by atoms with Crippen molar-refractivity contribution in [1.29, 1.82) is 0 Å². The van der Waals surface area contributed by atoms with Gasteiger partial charge in [0.05, 0.1) is 0 Å². The van der Waals surface area contributed by atoms with Crippen LogP contribution in [-0.2, 0) is 0 Å². The predicted octanol–water partition coefficient (Wildman–Crippen LogP) is 5.56. The summed E-state index contributed by atoms with van der Waals surface area (Å²) >= 11 is 0. The van der Waals surface area contributed by atoms with Crippen LogP contribution in [0.15, 0.2) is 36.1 Å². The van der Waals surface area contributed by atoms with Crippen LogP contribution < -0.4 is 0 Å². The van der Waals surface area contributed by atoms with Crippen molar-refractivity contribution >= 4 is 0 Å². The van der Waals surface area contributed by atoms with Gasteiger partial charge in [0.15, 0.2) is 0 Å². The van der Waals surface area contributed by atoms with Gasteiger partial charge in [0.25, 0.3) is 0 Å². The monoisotopic (exact) mass is 275 g/mol. The zero-order valence-electron chi connectivity index (χ0n) is 14.4. The van der Waals surface area contributed by atoms with E-state index in [0.29, 0.717) is 10.8 Å². The van der Waals surface area contributed by atoms with Crippen LogP contribution in [-0.4, -0.2) is 18.5 Å². The fraction of sp³-hybridized carbons (Fsp3) is 0.684. The van der Waals surface area contributed by atoms with Crippen molar-refractivity contribution in [3.8, 4) is 0 Å². The summed E-state index contributed by atoms with van der Waals surface area (Å²) < 4.78 is 0. The molecule has 0 N–H and O–H groups in total. The third kappa shape index (κ3) is 6.45. The SMILES string of the molecule is C=C(CC(C)(C)C)N(C)CCCC1=CCC(C)(C)C=C1. The van der Waals surface area contributed by atoms with Gasteiger partial charge in [-0.1, -0.05) is 65.0 Å². The minimum Gasteiger partial charge on any atom is -0.378 e. The first-order valence-electron chi connectivity index (χ1n) is 7.86. The van der Waals surface area contributed by atoms with Crippen LogP contribution in [0.4, 0.5) is 0 Å². The van der Waals surface area contributed by atoms with Crippen molar-refractivity contribution in [1.82, 2.24) is 4.90 Å². The largest absolute Gasteiger partial charge is 0.378 e. The molecule has 0 bridgehead atoms. The topological polar surface area (TPSA) is 3.24 Å². The molecule has 0 aromatic heterocycles. The Hall–Kier alpha value is -0.980. The molecular weight excluding hydrogens is 242 g/mol. The van der Waals surface area contributed by atoms with E-state index in [2.05, 4.69) is 71.4 Å². The Kier molecular flexibility index (Phi) is 5.68. The molecule has 0 unspecified atom stereocenters. The first kappa shape index (κ1) is 17.1. The summed E-state index contributed by atoms with van der Waals surface area (Å²) in [5, 5.41) is 0. The van der Waals surface area contributed by atoms with Gasteiger partial charge in [0.1, 0.15) is 0 Å². The van der Waals surface area contributed by atoms with Gasteiger partial charge in [-0.3, -0.25) is 0 Å². The van der Waals surface area contributed by atoms with Gasteiger partial charge in [-0.25, -0.2) is 0 Å². The second kappa shape index (κ2) is 6.65. The van der Waals surface area contributed by atoms with Crippen molar-refractivity contribution in [3.05, 3.63) is 36.1 Å². The molecule has 0 aliphatic heterocycles. The van der Waals surface area contributed by atoms with E-state index in [4.69, 9.17) is 0 Å². The molecule has 0 radical (unpaired) electrons. The molecule has 1 heteroatoms.